The van der Waals surface area contributed by atoms with E-state index in [-0.39, 0.29) is 17.1 Å². The fourth-order valence-electron chi connectivity index (χ4n) is 2.91. The van der Waals surface area contributed by atoms with Crippen LogP contribution in [0.5, 0.6) is 0 Å². The largest absolute Gasteiger partial charge is 0.480 e. The highest BCUT2D eigenvalue weighted by Gasteiger charge is 2.63. The highest BCUT2D eigenvalue weighted by atomic mass is 32.2. The lowest BCUT2D eigenvalue weighted by Crippen LogP contribution is -2.44. The number of ketones is 1. The van der Waals surface area contributed by atoms with Crippen molar-refractivity contribution in [3.8, 4) is 0 Å². The Kier molecular flexibility index (Phi) is 4.22. The number of benzene rings is 2. The molecule has 0 aliphatic heterocycles. The molecule has 0 bridgehead atoms. The first-order valence-electron chi connectivity index (χ1n) is 7.69. The van der Waals surface area contributed by atoms with Gasteiger partial charge in [-0.3, -0.25) is 9.59 Å². The minimum atomic E-state index is -4.03. The SMILES string of the molecule is CC(=O)c1ccc(S(=O)(=O)N[C@]2(C(=O)O)C[C@H]2c2ccccc2)cc1. The molecule has 1 aliphatic carbocycles. The molecule has 0 heterocycles. The van der Waals surface area contributed by atoms with Crippen LogP contribution in [0.25, 0.3) is 0 Å². The quantitative estimate of drug-likeness (QED) is 0.770. The molecule has 25 heavy (non-hydrogen) atoms. The van der Waals surface area contributed by atoms with Crippen LogP contribution in [0.4, 0.5) is 0 Å². The summed E-state index contributed by atoms with van der Waals surface area (Å²) in [6.45, 7) is 1.38. The maximum Gasteiger partial charge on any atom is 0.325 e. The Balaban J connectivity index is 1.88. The Bertz CT molecular complexity index is 922. The minimum Gasteiger partial charge on any atom is -0.480 e. The normalized spacial score (nSPS) is 22.4. The molecule has 2 aromatic carbocycles. The Labute approximate surface area is 145 Å². The van der Waals surface area contributed by atoms with E-state index in [9.17, 15) is 23.1 Å². The molecule has 1 aliphatic rings. The van der Waals surface area contributed by atoms with Crippen molar-refractivity contribution in [2.75, 3.05) is 0 Å². The van der Waals surface area contributed by atoms with Crippen molar-refractivity contribution in [3.05, 3.63) is 65.7 Å². The number of nitrogens with one attached hydrogen (secondary N) is 1. The molecule has 0 amide bonds. The summed E-state index contributed by atoms with van der Waals surface area (Å²) in [7, 11) is -4.03. The second kappa shape index (κ2) is 6.09. The maximum atomic E-state index is 12.6. The van der Waals surface area contributed by atoms with Crippen LogP contribution in [0.15, 0.2) is 59.5 Å². The Hall–Kier alpha value is -2.51. The molecule has 3 rings (SSSR count). The van der Waals surface area contributed by atoms with Crippen LogP contribution in [0.2, 0.25) is 0 Å². The van der Waals surface area contributed by atoms with E-state index in [4.69, 9.17) is 0 Å². The van der Waals surface area contributed by atoms with Crippen LogP contribution in [0, 0.1) is 0 Å². The van der Waals surface area contributed by atoms with E-state index in [1.54, 1.807) is 24.3 Å². The average Bonchev–Trinajstić information content (AvgIpc) is 3.30. The summed E-state index contributed by atoms with van der Waals surface area (Å²) in [4.78, 5) is 23.0. The number of hydrogen-bond donors (Lipinski definition) is 2. The number of rotatable bonds is 6. The summed E-state index contributed by atoms with van der Waals surface area (Å²) in [6, 6.07) is 14.4. The van der Waals surface area contributed by atoms with Crippen LogP contribution >= 0.6 is 0 Å². The third-order valence-corrected chi connectivity index (χ3v) is 5.96. The first kappa shape index (κ1) is 17.3. The van der Waals surface area contributed by atoms with Crippen molar-refractivity contribution >= 4 is 21.8 Å². The van der Waals surface area contributed by atoms with E-state index < -0.39 is 27.4 Å². The molecule has 1 fully saturated rings. The standard InChI is InChI=1S/C18H17NO5S/c1-12(20)13-7-9-15(10-8-13)25(23,24)19-18(17(21)22)11-16(18)14-5-3-2-4-6-14/h2-10,16,19H,11H2,1H3,(H,21,22)/t16-,18+/m0/s1. The summed E-state index contributed by atoms with van der Waals surface area (Å²) in [5, 5.41) is 9.59. The second-order valence-corrected chi connectivity index (χ2v) is 7.81. The first-order valence-corrected chi connectivity index (χ1v) is 9.18. The van der Waals surface area contributed by atoms with Crippen molar-refractivity contribution in [1.29, 1.82) is 0 Å². The van der Waals surface area contributed by atoms with Gasteiger partial charge in [-0.2, -0.15) is 4.72 Å². The van der Waals surface area contributed by atoms with Gasteiger partial charge in [-0.15, -0.1) is 0 Å². The molecule has 0 radical (unpaired) electrons. The summed E-state index contributed by atoms with van der Waals surface area (Å²) in [5.41, 5.74) is -0.376. The zero-order valence-electron chi connectivity index (χ0n) is 13.5. The number of sulfonamides is 1. The van der Waals surface area contributed by atoms with E-state index in [0.29, 0.717) is 5.56 Å². The van der Waals surface area contributed by atoms with Gasteiger partial charge in [0.2, 0.25) is 10.0 Å². The van der Waals surface area contributed by atoms with Gasteiger partial charge in [-0.1, -0.05) is 42.5 Å². The molecule has 2 atom stereocenters. The molecule has 130 valence electrons. The predicted molar refractivity (Wildman–Crippen MR) is 90.9 cm³/mol. The Morgan fingerprint density at radius 1 is 1.08 bits per heavy atom. The van der Waals surface area contributed by atoms with Crippen LogP contribution < -0.4 is 4.72 Å². The molecule has 0 saturated heterocycles. The average molecular weight is 359 g/mol. The number of hydrogen-bond acceptors (Lipinski definition) is 4. The third-order valence-electron chi connectivity index (χ3n) is 4.43. The highest BCUT2D eigenvalue weighted by molar-refractivity contribution is 7.89. The topological polar surface area (TPSA) is 101 Å². The van der Waals surface area contributed by atoms with E-state index in [2.05, 4.69) is 4.72 Å². The molecular weight excluding hydrogens is 342 g/mol. The minimum absolute atomic E-state index is 0.0724. The molecule has 2 N–H and O–H groups in total. The summed E-state index contributed by atoms with van der Waals surface area (Å²) in [5.74, 6) is -1.80. The zero-order valence-corrected chi connectivity index (χ0v) is 14.3. The van der Waals surface area contributed by atoms with E-state index in [1.165, 1.54) is 31.2 Å². The molecule has 0 unspecified atom stereocenters. The molecule has 0 aromatic heterocycles. The summed E-state index contributed by atoms with van der Waals surface area (Å²) < 4.78 is 27.5. The van der Waals surface area contributed by atoms with Crippen molar-refractivity contribution in [2.45, 2.75) is 29.7 Å². The number of carbonyl (C=O) groups excluding carboxylic acids is 1. The second-order valence-electron chi connectivity index (χ2n) is 6.13. The van der Waals surface area contributed by atoms with E-state index in [0.717, 1.165) is 5.56 Å². The van der Waals surface area contributed by atoms with Crippen molar-refractivity contribution < 1.29 is 23.1 Å². The van der Waals surface area contributed by atoms with Gasteiger partial charge in [0, 0.05) is 11.5 Å². The number of carbonyl (C=O) groups is 2. The molecule has 0 spiro atoms. The van der Waals surface area contributed by atoms with Gasteiger partial charge in [0.05, 0.1) is 4.90 Å². The van der Waals surface area contributed by atoms with Gasteiger partial charge in [-0.05, 0) is 31.0 Å². The van der Waals surface area contributed by atoms with Crippen molar-refractivity contribution in [1.82, 2.24) is 4.72 Å². The van der Waals surface area contributed by atoms with Crippen molar-refractivity contribution in [3.63, 3.8) is 0 Å². The van der Waals surface area contributed by atoms with E-state index >= 15 is 0 Å². The van der Waals surface area contributed by atoms with E-state index in [1.807, 2.05) is 6.07 Å². The number of carboxylic acid groups (broad SMARTS) is 1. The molecule has 7 heteroatoms. The number of carboxylic acids is 1. The maximum absolute atomic E-state index is 12.6. The van der Waals surface area contributed by atoms with Gasteiger partial charge in [0.25, 0.3) is 0 Å². The van der Waals surface area contributed by atoms with Crippen molar-refractivity contribution in [2.24, 2.45) is 0 Å². The first-order chi connectivity index (χ1) is 11.8. The van der Waals surface area contributed by atoms with Gasteiger partial charge in [-0.25, -0.2) is 8.42 Å². The monoisotopic (exact) mass is 359 g/mol. The van der Waals surface area contributed by atoms with Gasteiger partial charge in [0.1, 0.15) is 5.54 Å². The smallest absolute Gasteiger partial charge is 0.325 e. The Morgan fingerprint density at radius 3 is 2.20 bits per heavy atom. The van der Waals surface area contributed by atoms with Gasteiger partial charge >= 0.3 is 5.97 Å². The molecule has 2 aromatic rings. The predicted octanol–water partition coefficient (Wildman–Crippen LogP) is 2.18. The molecule has 6 nitrogen and oxygen atoms in total. The lowest BCUT2D eigenvalue weighted by Gasteiger charge is -2.15. The van der Waals surface area contributed by atoms with Gasteiger partial charge < -0.3 is 5.11 Å². The lowest BCUT2D eigenvalue weighted by molar-refractivity contribution is -0.140. The number of aliphatic carboxylic acids is 1. The number of Topliss-reactive ketones (excluding diaryl/α,β-unsaturated/α-hetero) is 1. The fraction of sp³-hybridized carbons (Fsp3) is 0.222. The van der Waals surface area contributed by atoms with Gasteiger partial charge in [0.15, 0.2) is 5.78 Å². The summed E-state index contributed by atoms with van der Waals surface area (Å²) >= 11 is 0. The molecular formula is C18H17NO5S. The van der Waals surface area contributed by atoms with Crippen LogP contribution in [-0.4, -0.2) is 30.8 Å². The fourth-order valence-corrected chi connectivity index (χ4v) is 4.32. The van der Waals surface area contributed by atoms with Crippen LogP contribution in [0.3, 0.4) is 0 Å². The lowest BCUT2D eigenvalue weighted by atomic mass is 10.1. The Morgan fingerprint density at radius 2 is 1.68 bits per heavy atom. The summed E-state index contributed by atoms with van der Waals surface area (Å²) in [6.07, 6.45) is 0.192. The highest BCUT2D eigenvalue weighted by Crippen LogP contribution is 2.52. The van der Waals surface area contributed by atoms with Crippen LogP contribution in [-0.2, 0) is 14.8 Å². The molecule has 1 saturated carbocycles. The zero-order chi connectivity index (χ0) is 18.2. The third kappa shape index (κ3) is 3.20. The van der Waals surface area contributed by atoms with Crippen LogP contribution in [0.1, 0.15) is 35.2 Å².